The lowest BCUT2D eigenvalue weighted by Crippen LogP contribution is -2.22. The zero-order valence-electron chi connectivity index (χ0n) is 72.8. The summed E-state index contributed by atoms with van der Waals surface area (Å²) >= 11 is 0. The van der Waals surface area contributed by atoms with E-state index in [0.29, 0.717) is 18.5 Å². The van der Waals surface area contributed by atoms with Gasteiger partial charge >= 0.3 is 29.8 Å². The number of ether oxygens (including phenoxy) is 6. The number of benzene rings is 5. The third kappa shape index (κ3) is 19.0. The minimum atomic E-state index is -1.45. The molecular formula is C90H91F9N14O20. The Balaban J connectivity index is 0.000000147. The van der Waals surface area contributed by atoms with Gasteiger partial charge in [-0.15, -0.1) is 0 Å². The van der Waals surface area contributed by atoms with Crippen LogP contribution >= 0.6 is 0 Å². The first-order valence-electron chi connectivity index (χ1n) is 41.4. The molecule has 704 valence electrons. The van der Waals surface area contributed by atoms with Crippen LogP contribution < -0.4 is 89.3 Å². The maximum absolute atomic E-state index is 15.5. The number of aromatic nitrogens is 7. The lowest BCUT2D eigenvalue weighted by Gasteiger charge is -2.21. The Morgan fingerprint density at radius 1 is 0.376 bits per heavy atom. The fourth-order valence-electron chi connectivity index (χ4n) is 15.4. The summed E-state index contributed by atoms with van der Waals surface area (Å²) in [6.07, 6.45) is 20.8. The first-order chi connectivity index (χ1) is 63.5. The number of nitrogens with zero attached hydrogens (tertiary/aromatic N) is 7. The van der Waals surface area contributed by atoms with Crippen molar-refractivity contribution in [3.05, 3.63) is 222 Å². The SMILES string of the molecule is CNc1c(F)c(F)c(OC)c2c1c(=O)c(C(=O)O)cn2C1CC1.CNc1c(F)c(F)c(OC)c2c1c(=O)c(C(=O)OC)cn2C1CC1.CNc1c(F)c(NCCCc2ccccn2)c(OC)c2c1c(=O)c(C(=O)O)cn2C1CC1.COc1c(F)c(F)c(N)c2c(=O)c(C(=O)O)cn(C3CC3)c12.COc1c(F)c(F)c(N)c2c(=O)c(C(=O)O)cn(C3CC3)c12.NCCCc1ccccn1. The number of methoxy groups -OCH3 is 6. The van der Waals surface area contributed by atoms with E-state index in [-0.39, 0.29) is 119 Å². The summed E-state index contributed by atoms with van der Waals surface area (Å²) in [5.74, 6) is -19.0. The zero-order chi connectivity index (χ0) is 96.9. The first-order valence-corrected chi connectivity index (χ1v) is 41.4. The molecule has 5 aliphatic carbocycles. The van der Waals surface area contributed by atoms with Gasteiger partial charge < -0.3 is 110 Å². The van der Waals surface area contributed by atoms with Gasteiger partial charge in [0.05, 0.1) is 104 Å². The molecule has 0 atom stereocenters. The van der Waals surface area contributed by atoms with Crippen molar-refractivity contribution >= 4 is 118 Å². The quantitative estimate of drug-likeness (QED) is 0.0104. The molecule has 0 radical (unpaired) electrons. The van der Waals surface area contributed by atoms with E-state index in [9.17, 15) is 93.3 Å². The number of hydrogen-bond acceptors (Lipinski definition) is 25. The molecule has 12 aromatic rings. The van der Waals surface area contributed by atoms with Crippen LogP contribution in [0.15, 0.2) is 104 Å². The van der Waals surface area contributed by atoms with Gasteiger partial charge in [-0.3, -0.25) is 33.9 Å². The van der Waals surface area contributed by atoms with E-state index in [2.05, 4.69) is 36.0 Å². The number of fused-ring (bicyclic) bond motifs is 5. The predicted octanol–water partition coefficient (Wildman–Crippen LogP) is 13.3. The number of hydrogen-bond donors (Lipinski definition) is 11. The summed E-state index contributed by atoms with van der Waals surface area (Å²) in [4.78, 5) is 129. The average molecular weight is 1860 g/mol. The maximum atomic E-state index is 15.5. The second kappa shape index (κ2) is 40.5. The van der Waals surface area contributed by atoms with Crippen LogP contribution in [0.25, 0.3) is 54.5 Å². The minimum Gasteiger partial charge on any atom is -0.492 e. The lowest BCUT2D eigenvalue weighted by atomic mass is 10.1. The van der Waals surface area contributed by atoms with Crippen molar-refractivity contribution in [3.8, 4) is 28.7 Å². The zero-order valence-corrected chi connectivity index (χ0v) is 72.8. The number of esters is 1. The number of aryl methyl sites for hydroxylation is 2. The van der Waals surface area contributed by atoms with Crippen molar-refractivity contribution in [3.63, 3.8) is 0 Å². The second-order valence-electron chi connectivity index (χ2n) is 31.0. The van der Waals surface area contributed by atoms with E-state index in [0.717, 1.165) is 135 Å². The van der Waals surface area contributed by atoms with Gasteiger partial charge in [0.25, 0.3) is 0 Å². The van der Waals surface area contributed by atoms with E-state index < -0.39 is 160 Å². The number of carbonyl (C=O) groups excluding carboxylic acids is 1. The monoisotopic (exact) mass is 1860 g/mol. The molecule has 5 fully saturated rings. The number of pyridine rings is 7. The minimum absolute atomic E-state index is 0.0139. The van der Waals surface area contributed by atoms with Gasteiger partial charge in [-0.25, -0.2) is 45.9 Å². The molecular weight excluding hydrogens is 1770 g/mol. The number of carbonyl (C=O) groups is 5. The van der Waals surface area contributed by atoms with Crippen molar-refractivity contribution < 1.29 is 112 Å². The summed E-state index contributed by atoms with van der Waals surface area (Å²) in [6.45, 7) is 1.20. The summed E-state index contributed by atoms with van der Waals surface area (Å²) < 4.78 is 166. The summed E-state index contributed by atoms with van der Waals surface area (Å²) in [7, 11) is 11.4. The number of nitrogens with one attached hydrogen (secondary N) is 4. The van der Waals surface area contributed by atoms with Crippen LogP contribution in [-0.2, 0) is 17.6 Å². The summed E-state index contributed by atoms with van der Waals surface area (Å²) in [6, 6.07) is 11.4. The molecule has 7 aromatic heterocycles. The molecule has 0 bridgehead atoms. The largest absolute Gasteiger partial charge is 0.492 e. The van der Waals surface area contributed by atoms with Crippen molar-refractivity contribution in [2.24, 2.45) is 5.73 Å². The maximum Gasteiger partial charge on any atom is 0.343 e. The first kappa shape index (κ1) is 97.0. The molecule has 5 saturated carbocycles. The number of anilines is 6. The average Bonchev–Trinajstić information content (AvgIpc) is 1.58. The third-order valence-corrected chi connectivity index (χ3v) is 22.5. The molecule has 34 nitrogen and oxygen atoms in total. The number of aromatic carboxylic acids is 4. The van der Waals surface area contributed by atoms with Crippen LogP contribution in [0.5, 0.6) is 28.7 Å². The van der Waals surface area contributed by atoms with Gasteiger partial charge in [-0.1, -0.05) is 12.1 Å². The Bertz CT molecular complexity index is 6840. The molecule has 17 rings (SSSR count). The van der Waals surface area contributed by atoms with Crippen molar-refractivity contribution in [1.82, 2.24) is 32.8 Å². The van der Waals surface area contributed by atoms with Gasteiger partial charge in [0.15, 0.2) is 57.8 Å². The molecule has 5 aliphatic rings. The van der Waals surface area contributed by atoms with Crippen LogP contribution in [0.4, 0.5) is 73.6 Å². The fourth-order valence-corrected chi connectivity index (χ4v) is 15.4. The molecule has 133 heavy (non-hydrogen) atoms. The molecule has 0 spiro atoms. The summed E-state index contributed by atoms with van der Waals surface area (Å²) in [5.41, 5.74) is 10.5. The van der Waals surface area contributed by atoms with Gasteiger partial charge in [-0.05, 0) is 121 Å². The topological polar surface area (TPSA) is 484 Å². The number of carboxylic acid groups (broad SMARTS) is 4. The molecule has 43 heteroatoms. The van der Waals surface area contributed by atoms with Gasteiger partial charge in [0, 0.05) is 113 Å². The Hall–Kier alpha value is -15.1. The summed E-state index contributed by atoms with van der Waals surface area (Å²) in [5, 5.41) is 46.7. The van der Waals surface area contributed by atoms with E-state index in [1.165, 1.54) is 74.8 Å². The standard InChI is InChI=1S/C23H25FN4O4.C16H16F2N2O4.C15H14F2N2O4.2C14H12F2N2O4.C8H12N2/c1-25-18-16-20(28(14-8-9-14)12-15(21(16)29)23(30)31)22(32-2)19(17(18)24)27-11-5-7-13-6-3-4-10-26-13;1-19-12-9-13(15(23-2)11(18)10(12)17)20(7-4-5-7)6-8(14(9)21)16(22)24-3;1-18-11-8-12(14(23-2)10(17)9(11)16)19(6-3-4-6)5-7(13(8)20)15(21)22;2*1-22-13-9(16)8(15)10(17)7-11(13)18(5-2-3-5)4-6(12(7)19)14(20)21;9-6-3-5-8-4-1-2-7-10-8/h3-4,6,10,12,14,25,27H,5,7-9,11H2,1-2H3,(H,30,31);6-7,19H,4-5H2,1-3H3;5-6,18H,3-4H2,1-2H3,(H,21,22);2*4-5H,2-3,17H2,1H3,(H,20,21);1-2,4,7H,3,5-6,9H2. The van der Waals surface area contributed by atoms with E-state index in [4.69, 9.17) is 51.1 Å². The van der Waals surface area contributed by atoms with Crippen LogP contribution in [0.1, 0.15) is 170 Å². The highest BCUT2D eigenvalue weighted by atomic mass is 19.2. The normalized spacial score (nSPS) is 13.6. The van der Waals surface area contributed by atoms with Gasteiger partial charge in [-0.2, -0.15) is 17.6 Å². The van der Waals surface area contributed by atoms with Crippen molar-refractivity contribution in [1.29, 1.82) is 0 Å². The molecule has 0 aliphatic heterocycles. The molecule has 14 N–H and O–H groups in total. The smallest absolute Gasteiger partial charge is 0.343 e. The number of carboxylic acids is 4. The van der Waals surface area contributed by atoms with E-state index in [1.807, 2.05) is 42.6 Å². The molecule has 5 aromatic carbocycles. The van der Waals surface area contributed by atoms with Crippen LogP contribution in [0.2, 0.25) is 0 Å². The van der Waals surface area contributed by atoms with E-state index in [1.54, 1.807) is 15.3 Å². The van der Waals surface area contributed by atoms with Crippen molar-refractivity contribution in [2.75, 3.05) is 110 Å². The number of halogens is 9. The van der Waals surface area contributed by atoms with Crippen LogP contribution in [-0.4, -0.2) is 160 Å². The molecule has 0 unspecified atom stereocenters. The highest BCUT2D eigenvalue weighted by Crippen LogP contribution is 2.50. The van der Waals surface area contributed by atoms with Gasteiger partial charge in [0.2, 0.25) is 50.4 Å². The Morgan fingerprint density at radius 2 is 0.647 bits per heavy atom. The Morgan fingerprint density at radius 3 is 0.917 bits per heavy atom. The number of rotatable bonds is 26. The van der Waals surface area contributed by atoms with Crippen LogP contribution in [0.3, 0.4) is 0 Å². The lowest BCUT2D eigenvalue weighted by molar-refractivity contribution is 0.0595. The molecule has 0 amide bonds. The predicted molar refractivity (Wildman–Crippen MR) is 474 cm³/mol. The van der Waals surface area contributed by atoms with Gasteiger partial charge in [0.1, 0.15) is 55.6 Å². The highest BCUT2D eigenvalue weighted by Gasteiger charge is 2.39. The Kier molecular flexibility index (Phi) is 29.6. The number of nitrogen functional groups attached to an aromatic ring is 2. The molecule has 0 saturated heterocycles. The van der Waals surface area contributed by atoms with E-state index >= 15 is 4.39 Å². The molecule has 7 heterocycles. The fraction of sp³-hybridized carbons (Fsp3) is 0.333. The third-order valence-electron chi connectivity index (χ3n) is 22.5. The van der Waals surface area contributed by atoms with Crippen LogP contribution in [0, 0.1) is 52.4 Å². The number of nitrogens with two attached hydrogens (primary N) is 3. The van der Waals surface area contributed by atoms with Crippen molar-refractivity contribution in [2.45, 2.75) is 120 Å². The highest BCUT2D eigenvalue weighted by molar-refractivity contribution is 6.06. The Labute approximate surface area is 747 Å². The second-order valence-corrected chi connectivity index (χ2v) is 31.0.